The zero-order valence-electron chi connectivity index (χ0n) is 21.4. The van der Waals surface area contributed by atoms with E-state index in [1.54, 1.807) is 6.07 Å². The Labute approximate surface area is 220 Å². The molecule has 1 aromatic heterocycles. The SMILES string of the molecule is COCC(NC(=O)c1cnccn1)C(=O)N[C@H](CCOc1ccc(Cl)c(F)c1)B1OC(C)(C)C(C)(C)O1. The number of methoxy groups -OCH3 is 1. The number of halogens is 2. The molecule has 13 heteroatoms. The molecule has 37 heavy (non-hydrogen) atoms. The van der Waals surface area contributed by atoms with Gasteiger partial charge in [0.2, 0.25) is 5.91 Å². The molecule has 1 saturated heterocycles. The van der Waals surface area contributed by atoms with Crippen LogP contribution in [0.15, 0.2) is 36.8 Å². The molecule has 1 fully saturated rings. The van der Waals surface area contributed by atoms with Gasteiger partial charge < -0.3 is 29.4 Å². The van der Waals surface area contributed by atoms with Crippen molar-refractivity contribution in [3.05, 3.63) is 53.3 Å². The van der Waals surface area contributed by atoms with Crippen molar-refractivity contribution in [1.82, 2.24) is 20.6 Å². The van der Waals surface area contributed by atoms with Gasteiger partial charge in [0.15, 0.2) is 0 Å². The number of benzene rings is 1. The fourth-order valence-electron chi connectivity index (χ4n) is 3.48. The average molecular weight is 537 g/mol. The normalized spacial score (nSPS) is 17.6. The van der Waals surface area contributed by atoms with Crippen LogP contribution in [0, 0.1) is 5.82 Å². The summed E-state index contributed by atoms with van der Waals surface area (Å²) in [6, 6.07) is 3.09. The second kappa shape index (κ2) is 12.2. The van der Waals surface area contributed by atoms with Crippen molar-refractivity contribution in [3.8, 4) is 5.75 Å². The van der Waals surface area contributed by atoms with E-state index < -0.39 is 47.9 Å². The Balaban J connectivity index is 1.72. The van der Waals surface area contributed by atoms with E-state index in [2.05, 4.69) is 20.6 Å². The van der Waals surface area contributed by atoms with Gasteiger partial charge in [0.05, 0.1) is 41.6 Å². The molecule has 0 saturated carbocycles. The fraction of sp³-hybridized carbons (Fsp3) is 0.500. The lowest BCUT2D eigenvalue weighted by atomic mass is 9.76. The summed E-state index contributed by atoms with van der Waals surface area (Å²) in [4.78, 5) is 33.6. The van der Waals surface area contributed by atoms with Crippen LogP contribution in [-0.2, 0) is 18.8 Å². The summed E-state index contributed by atoms with van der Waals surface area (Å²) in [6.07, 6.45) is 4.36. The van der Waals surface area contributed by atoms with Gasteiger partial charge in [-0.15, -0.1) is 0 Å². The molecular weight excluding hydrogens is 506 g/mol. The van der Waals surface area contributed by atoms with E-state index in [0.717, 1.165) is 0 Å². The first kappa shape index (κ1) is 28.8. The monoisotopic (exact) mass is 536 g/mol. The highest BCUT2D eigenvalue weighted by Gasteiger charge is 2.54. The number of nitrogens with zero attached hydrogens (tertiary/aromatic N) is 2. The molecule has 200 valence electrons. The maximum absolute atomic E-state index is 13.8. The maximum Gasteiger partial charge on any atom is 0.481 e. The molecule has 2 atom stereocenters. The second-order valence-corrected chi connectivity index (χ2v) is 9.93. The number of carbonyl (C=O) groups excluding carboxylic acids is 2. The molecule has 1 unspecified atom stereocenters. The lowest BCUT2D eigenvalue weighted by molar-refractivity contribution is -0.124. The molecule has 2 aromatic rings. The average Bonchev–Trinajstić information content (AvgIpc) is 3.07. The molecule has 2 amide bonds. The first-order chi connectivity index (χ1) is 17.4. The standard InChI is InChI=1S/C24H31BClFN4O6/c1-23(2)24(3,4)37-25(36-23)20(8-11-35-15-6-7-16(26)17(27)12-15)31-22(33)19(14-34-5)30-21(32)18-13-28-9-10-29-18/h6-7,9-10,12-13,19-20H,8,11,14H2,1-5H3,(H,30,32)(H,31,33)/t19?,20-/m1/s1. The highest BCUT2D eigenvalue weighted by atomic mass is 35.5. The Morgan fingerprint density at radius 1 is 1.16 bits per heavy atom. The van der Waals surface area contributed by atoms with E-state index in [1.807, 2.05) is 27.7 Å². The minimum atomic E-state index is -1.03. The Bertz CT molecular complexity index is 1080. The third kappa shape index (κ3) is 7.38. The van der Waals surface area contributed by atoms with Gasteiger partial charge in [-0.05, 0) is 39.8 Å². The van der Waals surface area contributed by atoms with Crippen molar-refractivity contribution in [1.29, 1.82) is 0 Å². The number of aromatic nitrogens is 2. The molecule has 2 N–H and O–H groups in total. The Hall–Kier alpha value is -2.80. The minimum Gasteiger partial charge on any atom is -0.493 e. The van der Waals surface area contributed by atoms with Gasteiger partial charge in [-0.2, -0.15) is 0 Å². The van der Waals surface area contributed by atoms with Crippen molar-refractivity contribution in [3.63, 3.8) is 0 Å². The van der Waals surface area contributed by atoms with Crippen LogP contribution in [0.4, 0.5) is 4.39 Å². The van der Waals surface area contributed by atoms with E-state index in [0.29, 0.717) is 0 Å². The largest absolute Gasteiger partial charge is 0.493 e. The van der Waals surface area contributed by atoms with E-state index in [9.17, 15) is 14.0 Å². The predicted molar refractivity (Wildman–Crippen MR) is 135 cm³/mol. The van der Waals surface area contributed by atoms with Crippen LogP contribution < -0.4 is 15.4 Å². The molecule has 2 heterocycles. The topological polar surface area (TPSA) is 121 Å². The molecule has 0 spiro atoms. The predicted octanol–water partition coefficient (Wildman–Crippen LogP) is 2.60. The summed E-state index contributed by atoms with van der Waals surface area (Å²) in [6.45, 7) is 7.61. The smallest absolute Gasteiger partial charge is 0.481 e. The third-order valence-corrected chi connectivity index (χ3v) is 6.57. The Morgan fingerprint density at radius 2 is 1.86 bits per heavy atom. The Morgan fingerprint density at radius 3 is 2.46 bits per heavy atom. The first-order valence-electron chi connectivity index (χ1n) is 11.7. The van der Waals surface area contributed by atoms with E-state index >= 15 is 0 Å². The molecule has 1 aliphatic rings. The van der Waals surface area contributed by atoms with Crippen molar-refractivity contribution in [2.24, 2.45) is 0 Å². The number of hydrogen-bond acceptors (Lipinski definition) is 8. The number of ether oxygens (including phenoxy) is 2. The fourth-order valence-corrected chi connectivity index (χ4v) is 3.60. The lowest BCUT2D eigenvalue weighted by Crippen LogP contribution is -2.56. The molecule has 0 bridgehead atoms. The van der Waals surface area contributed by atoms with Gasteiger partial charge in [-0.1, -0.05) is 11.6 Å². The summed E-state index contributed by atoms with van der Waals surface area (Å²) < 4.78 is 36.9. The van der Waals surface area contributed by atoms with Crippen LogP contribution >= 0.6 is 11.6 Å². The van der Waals surface area contributed by atoms with Gasteiger partial charge in [0.1, 0.15) is 23.3 Å². The summed E-state index contributed by atoms with van der Waals surface area (Å²) in [7, 11) is 0.609. The molecule has 3 rings (SSSR count). The molecule has 0 radical (unpaired) electrons. The Kier molecular flexibility index (Phi) is 9.46. The lowest BCUT2D eigenvalue weighted by Gasteiger charge is -2.32. The van der Waals surface area contributed by atoms with Crippen LogP contribution in [0.3, 0.4) is 0 Å². The highest BCUT2D eigenvalue weighted by Crippen LogP contribution is 2.38. The summed E-state index contributed by atoms with van der Waals surface area (Å²) in [5, 5.41) is 5.49. The van der Waals surface area contributed by atoms with E-state index in [1.165, 1.54) is 37.8 Å². The second-order valence-electron chi connectivity index (χ2n) is 9.52. The summed E-state index contributed by atoms with van der Waals surface area (Å²) in [5.74, 6) is -2.08. The van der Waals surface area contributed by atoms with Gasteiger partial charge >= 0.3 is 7.12 Å². The van der Waals surface area contributed by atoms with Gasteiger partial charge in [0, 0.05) is 32.0 Å². The van der Waals surface area contributed by atoms with Crippen molar-refractivity contribution >= 4 is 30.5 Å². The number of nitrogens with one attached hydrogen (secondary N) is 2. The van der Waals surface area contributed by atoms with E-state index in [-0.39, 0.29) is 36.1 Å². The van der Waals surface area contributed by atoms with Crippen molar-refractivity contribution < 1.29 is 32.8 Å². The molecule has 1 aromatic carbocycles. The number of carbonyl (C=O) groups is 2. The van der Waals surface area contributed by atoms with Gasteiger partial charge in [-0.3, -0.25) is 14.6 Å². The molecular formula is C24H31BClFN4O6. The zero-order valence-corrected chi connectivity index (χ0v) is 22.2. The molecule has 0 aliphatic carbocycles. The highest BCUT2D eigenvalue weighted by molar-refractivity contribution is 6.48. The number of amides is 2. The zero-order chi connectivity index (χ0) is 27.2. The van der Waals surface area contributed by atoms with Crippen LogP contribution in [0.5, 0.6) is 5.75 Å². The number of rotatable bonds is 11. The van der Waals surface area contributed by atoms with Crippen molar-refractivity contribution in [2.45, 2.75) is 57.3 Å². The first-order valence-corrected chi connectivity index (χ1v) is 12.1. The number of hydrogen-bond donors (Lipinski definition) is 2. The molecule has 1 aliphatic heterocycles. The quantitative estimate of drug-likeness (QED) is 0.421. The van der Waals surface area contributed by atoms with Crippen LogP contribution in [-0.4, -0.2) is 72.4 Å². The summed E-state index contributed by atoms with van der Waals surface area (Å²) in [5.41, 5.74) is -1.23. The van der Waals surface area contributed by atoms with Crippen LogP contribution in [0.1, 0.15) is 44.6 Å². The van der Waals surface area contributed by atoms with Crippen LogP contribution in [0.2, 0.25) is 5.02 Å². The van der Waals surface area contributed by atoms with E-state index in [4.69, 9.17) is 30.4 Å². The minimum absolute atomic E-state index is 0.0116. The third-order valence-electron chi connectivity index (χ3n) is 6.27. The van der Waals surface area contributed by atoms with Crippen molar-refractivity contribution in [2.75, 3.05) is 20.3 Å². The maximum atomic E-state index is 13.8. The van der Waals surface area contributed by atoms with Gasteiger partial charge in [-0.25, -0.2) is 9.37 Å². The van der Waals surface area contributed by atoms with Crippen LogP contribution in [0.25, 0.3) is 0 Å². The summed E-state index contributed by atoms with van der Waals surface area (Å²) >= 11 is 5.73. The molecule has 10 nitrogen and oxygen atoms in total. The van der Waals surface area contributed by atoms with Gasteiger partial charge in [0.25, 0.3) is 5.91 Å².